The number of thioether (sulfide) groups is 1. The normalized spacial score (nSPS) is 11.3. The molecule has 34 heavy (non-hydrogen) atoms. The van der Waals surface area contributed by atoms with E-state index in [0.717, 1.165) is 11.8 Å². The van der Waals surface area contributed by atoms with Crippen LogP contribution in [0.5, 0.6) is 0 Å². The molecule has 0 atom stereocenters. The Morgan fingerprint density at radius 2 is 1.74 bits per heavy atom. The van der Waals surface area contributed by atoms with Crippen molar-refractivity contribution in [3.05, 3.63) is 77.3 Å². The minimum atomic E-state index is -3.87. The number of rotatable bonds is 8. The van der Waals surface area contributed by atoms with Crippen molar-refractivity contribution in [3.63, 3.8) is 0 Å². The molecule has 4 aromatic rings. The van der Waals surface area contributed by atoms with E-state index in [0.29, 0.717) is 28.3 Å². The Morgan fingerprint density at radius 1 is 1.03 bits per heavy atom. The van der Waals surface area contributed by atoms with Crippen LogP contribution in [0.3, 0.4) is 0 Å². The first-order valence-electron chi connectivity index (χ1n) is 10.2. The Balaban J connectivity index is 1.42. The molecule has 0 aliphatic heterocycles. The van der Waals surface area contributed by atoms with Gasteiger partial charge in [0.15, 0.2) is 5.16 Å². The Morgan fingerprint density at radius 3 is 2.44 bits per heavy atom. The molecule has 2 heterocycles. The van der Waals surface area contributed by atoms with Gasteiger partial charge in [-0.1, -0.05) is 23.9 Å². The lowest BCUT2D eigenvalue weighted by atomic mass is 10.2. The van der Waals surface area contributed by atoms with Crippen LogP contribution in [0.4, 0.5) is 11.6 Å². The van der Waals surface area contributed by atoms with Gasteiger partial charge in [0.05, 0.1) is 21.6 Å². The zero-order chi connectivity index (χ0) is 24.1. The Kier molecular flexibility index (Phi) is 6.89. The fourth-order valence-corrected chi connectivity index (χ4v) is 4.93. The average Bonchev–Trinajstić information content (AvgIpc) is 2.83. The summed E-state index contributed by atoms with van der Waals surface area (Å²) in [6.07, 6.45) is 2.85. The van der Waals surface area contributed by atoms with Gasteiger partial charge in [0, 0.05) is 24.6 Å². The van der Waals surface area contributed by atoms with E-state index in [1.807, 2.05) is 6.92 Å². The number of carbonyl (C=O) groups excluding carboxylic acids is 1. The Hall–Kier alpha value is -3.77. The van der Waals surface area contributed by atoms with Gasteiger partial charge in [-0.25, -0.2) is 28.1 Å². The number of fused-ring (bicyclic) bond motifs is 1. The van der Waals surface area contributed by atoms with Gasteiger partial charge in [-0.2, -0.15) is 0 Å². The minimum Gasteiger partial charge on any atom is -0.325 e. The highest BCUT2D eigenvalue weighted by molar-refractivity contribution is 7.99. The molecule has 0 bridgehead atoms. The number of nitrogens with zero attached hydrogens (tertiary/aromatic N) is 4. The Labute approximate surface area is 199 Å². The SMILES string of the molecule is CCn1c(SCC(=O)Nc2ccc(S(=O)(=O)Nc3ncccn3)cc2)nc2ccccc2c1=O. The second kappa shape index (κ2) is 10.0. The van der Waals surface area contributed by atoms with Crippen molar-refractivity contribution in [2.45, 2.75) is 23.5 Å². The van der Waals surface area contributed by atoms with Crippen molar-refractivity contribution in [1.29, 1.82) is 0 Å². The topological polar surface area (TPSA) is 136 Å². The molecule has 0 saturated carbocycles. The first kappa shape index (κ1) is 23.4. The lowest BCUT2D eigenvalue weighted by molar-refractivity contribution is -0.113. The Bertz CT molecular complexity index is 1490. The molecule has 4 rings (SSSR count). The number of hydrogen-bond donors (Lipinski definition) is 2. The van der Waals surface area contributed by atoms with Crippen LogP contribution in [0.25, 0.3) is 10.9 Å². The fraction of sp³-hybridized carbons (Fsp3) is 0.136. The van der Waals surface area contributed by atoms with Gasteiger partial charge in [-0.15, -0.1) is 0 Å². The monoisotopic (exact) mass is 496 g/mol. The van der Waals surface area contributed by atoms with Gasteiger partial charge < -0.3 is 5.32 Å². The number of carbonyl (C=O) groups is 1. The number of aromatic nitrogens is 4. The highest BCUT2D eigenvalue weighted by Gasteiger charge is 2.16. The molecule has 10 nitrogen and oxygen atoms in total. The third-order valence-corrected chi connectivity index (χ3v) is 7.04. The molecule has 0 saturated heterocycles. The lowest BCUT2D eigenvalue weighted by Gasteiger charge is -2.11. The number of sulfonamides is 1. The molecule has 2 N–H and O–H groups in total. The van der Waals surface area contributed by atoms with E-state index in [1.54, 1.807) is 30.3 Å². The minimum absolute atomic E-state index is 0.000321. The summed E-state index contributed by atoms with van der Waals surface area (Å²) >= 11 is 1.16. The van der Waals surface area contributed by atoms with Crippen molar-refractivity contribution in [2.75, 3.05) is 15.8 Å². The van der Waals surface area contributed by atoms with E-state index in [9.17, 15) is 18.0 Å². The lowest BCUT2D eigenvalue weighted by Crippen LogP contribution is -2.23. The predicted molar refractivity (Wildman–Crippen MR) is 130 cm³/mol. The van der Waals surface area contributed by atoms with Gasteiger partial charge in [-0.05, 0) is 49.4 Å². The summed E-state index contributed by atoms with van der Waals surface area (Å²) in [5, 5.41) is 3.70. The predicted octanol–water partition coefficient (Wildman–Crippen LogP) is 2.74. The van der Waals surface area contributed by atoms with Crippen molar-refractivity contribution in [3.8, 4) is 0 Å². The number of nitrogens with one attached hydrogen (secondary N) is 2. The number of amides is 1. The largest absolute Gasteiger partial charge is 0.325 e. The third kappa shape index (κ3) is 5.24. The first-order chi connectivity index (χ1) is 16.4. The molecule has 1 amide bonds. The first-order valence-corrected chi connectivity index (χ1v) is 12.7. The van der Waals surface area contributed by atoms with Gasteiger partial charge in [-0.3, -0.25) is 14.2 Å². The van der Waals surface area contributed by atoms with E-state index >= 15 is 0 Å². The molecular weight excluding hydrogens is 476 g/mol. The van der Waals surface area contributed by atoms with Gasteiger partial charge >= 0.3 is 0 Å². The molecule has 0 spiro atoms. The second-order valence-electron chi connectivity index (χ2n) is 7.00. The summed E-state index contributed by atoms with van der Waals surface area (Å²) in [5.41, 5.74) is 0.855. The van der Waals surface area contributed by atoms with Crippen LogP contribution in [0, 0.1) is 0 Å². The number of para-hydroxylation sites is 1. The molecule has 0 unspecified atom stereocenters. The van der Waals surface area contributed by atoms with Crippen LogP contribution < -0.4 is 15.6 Å². The van der Waals surface area contributed by atoms with E-state index in [4.69, 9.17) is 0 Å². The van der Waals surface area contributed by atoms with Crippen LogP contribution in [-0.4, -0.2) is 39.6 Å². The summed E-state index contributed by atoms with van der Waals surface area (Å²) in [5.74, 6) is -0.330. The fourth-order valence-electron chi connectivity index (χ4n) is 3.11. The summed E-state index contributed by atoms with van der Waals surface area (Å²) in [7, 11) is -3.87. The molecule has 174 valence electrons. The average molecular weight is 497 g/mol. The molecule has 0 aliphatic carbocycles. The molecule has 0 fully saturated rings. The van der Waals surface area contributed by atoms with Gasteiger partial charge in [0.1, 0.15) is 0 Å². The summed E-state index contributed by atoms with van der Waals surface area (Å²) in [6.45, 7) is 2.27. The molecule has 12 heteroatoms. The summed E-state index contributed by atoms with van der Waals surface area (Å²) in [4.78, 5) is 37.4. The number of anilines is 2. The standard InChI is InChI=1S/C22H20N6O4S2/c1-2-28-20(30)17-6-3-4-7-18(17)26-22(28)33-14-19(29)25-15-8-10-16(11-9-15)34(31,32)27-21-23-12-5-13-24-21/h3-13H,2,14H2,1H3,(H,25,29)(H,23,24,27). The molecular formula is C22H20N6O4S2. The van der Waals surface area contributed by atoms with Crippen molar-refractivity contribution < 1.29 is 13.2 Å². The number of benzene rings is 2. The maximum absolute atomic E-state index is 12.7. The van der Waals surface area contributed by atoms with E-state index in [2.05, 4.69) is 25.0 Å². The van der Waals surface area contributed by atoms with Crippen LogP contribution in [0.1, 0.15) is 6.92 Å². The second-order valence-corrected chi connectivity index (χ2v) is 9.62. The van der Waals surface area contributed by atoms with E-state index < -0.39 is 10.0 Å². The third-order valence-electron chi connectivity index (χ3n) is 4.71. The van der Waals surface area contributed by atoms with Gasteiger partial charge in [0.25, 0.3) is 15.6 Å². The van der Waals surface area contributed by atoms with E-state index in [1.165, 1.54) is 41.2 Å². The van der Waals surface area contributed by atoms with Crippen molar-refractivity contribution in [2.24, 2.45) is 0 Å². The maximum Gasteiger partial charge on any atom is 0.264 e. The highest BCUT2D eigenvalue weighted by atomic mass is 32.2. The molecule has 0 aliphatic rings. The van der Waals surface area contributed by atoms with Crippen LogP contribution in [0.2, 0.25) is 0 Å². The summed E-state index contributed by atoms with van der Waals surface area (Å²) < 4.78 is 28.7. The van der Waals surface area contributed by atoms with Crippen LogP contribution in [0.15, 0.2) is 81.8 Å². The van der Waals surface area contributed by atoms with Crippen LogP contribution >= 0.6 is 11.8 Å². The number of hydrogen-bond acceptors (Lipinski definition) is 8. The van der Waals surface area contributed by atoms with Gasteiger partial charge in [0.2, 0.25) is 11.9 Å². The van der Waals surface area contributed by atoms with E-state index in [-0.39, 0.29) is 28.1 Å². The molecule has 2 aromatic carbocycles. The van der Waals surface area contributed by atoms with Crippen molar-refractivity contribution >= 4 is 50.2 Å². The smallest absolute Gasteiger partial charge is 0.264 e. The molecule has 2 aromatic heterocycles. The highest BCUT2D eigenvalue weighted by Crippen LogP contribution is 2.20. The van der Waals surface area contributed by atoms with Crippen LogP contribution in [-0.2, 0) is 21.4 Å². The zero-order valence-electron chi connectivity index (χ0n) is 18.0. The zero-order valence-corrected chi connectivity index (χ0v) is 19.6. The van der Waals surface area contributed by atoms with Crippen molar-refractivity contribution in [1.82, 2.24) is 19.5 Å². The maximum atomic E-state index is 12.7. The summed E-state index contributed by atoms with van der Waals surface area (Å²) in [6, 6.07) is 14.4. The quantitative estimate of drug-likeness (QED) is 0.281. The molecule has 0 radical (unpaired) electrons.